The Hall–Kier alpha value is -7.48. The average molecular weight is 747 g/mol. The summed E-state index contributed by atoms with van der Waals surface area (Å²) in [6.07, 6.45) is 0. The van der Waals surface area contributed by atoms with Gasteiger partial charge < -0.3 is 4.57 Å². The molecule has 0 saturated heterocycles. The molecular formula is C50H30N6S. The number of thiophene rings is 1. The molecule has 0 spiro atoms. The Morgan fingerprint density at radius 2 is 0.930 bits per heavy atom. The van der Waals surface area contributed by atoms with Gasteiger partial charge in [0.15, 0.2) is 11.6 Å². The first kappa shape index (κ1) is 31.8. The van der Waals surface area contributed by atoms with Gasteiger partial charge in [0.2, 0.25) is 5.95 Å². The minimum absolute atomic E-state index is 0.560. The van der Waals surface area contributed by atoms with Crippen molar-refractivity contribution in [2.45, 2.75) is 0 Å². The quantitative estimate of drug-likeness (QED) is 0.176. The zero-order valence-corrected chi connectivity index (χ0v) is 31.2. The highest BCUT2D eigenvalue weighted by atomic mass is 32.1. The van der Waals surface area contributed by atoms with Crippen LogP contribution in [0.4, 0.5) is 0 Å². The van der Waals surface area contributed by atoms with Crippen LogP contribution in [-0.4, -0.2) is 29.1 Å². The smallest absolute Gasteiger partial charge is 0.238 e. The van der Waals surface area contributed by atoms with E-state index in [4.69, 9.17) is 19.9 Å². The topological polar surface area (TPSA) is 61.4 Å². The Morgan fingerprint density at radius 1 is 0.368 bits per heavy atom. The molecule has 0 radical (unpaired) electrons. The summed E-state index contributed by atoms with van der Waals surface area (Å²) >= 11 is 1.68. The van der Waals surface area contributed by atoms with Gasteiger partial charge >= 0.3 is 0 Å². The second-order valence-corrected chi connectivity index (χ2v) is 15.2. The summed E-state index contributed by atoms with van der Waals surface area (Å²) in [5.41, 5.74) is 9.33. The number of fused-ring (bicyclic) bond motifs is 10. The van der Waals surface area contributed by atoms with E-state index in [1.165, 1.54) is 10.8 Å². The van der Waals surface area contributed by atoms with Gasteiger partial charge in [-0.05, 0) is 42.5 Å². The number of rotatable bonds is 5. The highest BCUT2D eigenvalue weighted by molar-refractivity contribution is 7.26. The molecule has 5 aromatic heterocycles. The van der Waals surface area contributed by atoms with Gasteiger partial charge in [-0.2, -0.15) is 9.97 Å². The van der Waals surface area contributed by atoms with Gasteiger partial charge in [-0.3, -0.25) is 4.57 Å². The van der Waals surface area contributed by atoms with Gasteiger partial charge in [0.05, 0.1) is 27.8 Å². The highest BCUT2D eigenvalue weighted by Gasteiger charge is 2.24. The molecular weight excluding hydrogens is 717 g/mol. The third-order valence-electron chi connectivity index (χ3n) is 11.0. The Bertz CT molecular complexity index is 3510. The molecule has 6 nitrogen and oxygen atoms in total. The number of benzene rings is 7. The molecule has 0 amide bonds. The van der Waals surface area contributed by atoms with Crippen molar-refractivity contribution in [2.75, 3.05) is 0 Å². The molecule has 0 aliphatic carbocycles. The summed E-state index contributed by atoms with van der Waals surface area (Å²) in [7, 11) is 0. The van der Waals surface area contributed by atoms with Crippen LogP contribution in [0.2, 0.25) is 0 Å². The van der Waals surface area contributed by atoms with Crippen molar-refractivity contribution in [1.29, 1.82) is 0 Å². The number of hydrogen-bond acceptors (Lipinski definition) is 5. The first-order valence-electron chi connectivity index (χ1n) is 19.0. The lowest BCUT2D eigenvalue weighted by atomic mass is 10.1. The van der Waals surface area contributed by atoms with Gasteiger partial charge in [-0.1, -0.05) is 140 Å². The maximum absolute atomic E-state index is 5.44. The first-order valence-corrected chi connectivity index (χ1v) is 19.8. The molecule has 0 bridgehead atoms. The Balaban J connectivity index is 1.18. The summed E-state index contributed by atoms with van der Waals surface area (Å²) in [6, 6.07) is 63.6. The third kappa shape index (κ3) is 4.89. The molecule has 0 N–H and O–H groups in total. The molecule has 266 valence electrons. The SMILES string of the molecule is c1ccc(-c2ccc3c(n2)sc2c(-c4nc(-c5ccccc5)nc(-n5c6ccccc6c6ccc7c8ccccc8n(-c8ccccc8)c7c65)n4)cccc23)cc1. The predicted molar refractivity (Wildman–Crippen MR) is 235 cm³/mol. The molecule has 57 heavy (non-hydrogen) atoms. The standard InChI is InChI=1S/C50H30N6S/c1-4-15-31(16-5-1)41-30-29-39-38-23-14-24-40(46(38)57-49(39)51-41)48-52-47(32-17-6-2-7-18-32)53-50(54-48)56-43-26-13-11-22-35(43)37-28-27-36-34-21-10-12-25-42(34)55(44(36)45(37)56)33-19-8-3-9-20-33/h1-30H. The van der Waals surface area contributed by atoms with Gasteiger partial charge in [-0.15, -0.1) is 11.3 Å². The Morgan fingerprint density at radius 3 is 1.65 bits per heavy atom. The van der Waals surface area contributed by atoms with Crippen LogP contribution >= 0.6 is 11.3 Å². The number of para-hydroxylation sites is 3. The minimum Gasteiger partial charge on any atom is -0.307 e. The minimum atomic E-state index is 0.560. The first-order chi connectivity index (χ1) is 28.3. The molecule has 5 heterocycles. The maximum atomic E-state index is 5.44. The van der Waals surface area contributed by atoms with Gasteiger partial charge in [0, 0.05) is 59.4 Å². The third-order valence-corrected chi connectivity index (χ3v) is 12.2. The number of hydrogen-bond donors (Lipinski definition) is 0. The highest BCUT2D eigenvalue weighted by Crippen LogP contribution is 2.43. The van der Waals surface area contributed by atoms with Crippen LogP contribution in [0.25, 0.3) is 110 Å². The Kier molecular flexibility index (Phi) is 7.00. The maximum Gasteiger partial charge on any atom is 0.238 e. The lowest BCUT2D eigenvalue weighted by Gasteiger charge is -2.13. The fourth-order valence-electron chi connectivity index (χ4n) is 8.48. The summed E-state index contributed by atoms with van der Waals surface area (Å²) < 4.78 is 5.73. The van der Waals surface area contributed by atoms with Crippen molar-refractivity contribution >= 4 is 75.3 Å². The average Bonchev–Trinajstić information content (AvgIpc) is 3.95. The van der Waals surface area contributed by atoms with E-state index in [0.717, 1.165) is 81.2 Å². The second-order valence-electron chi connectivity index (χ2n) is 14.2. The second kappa shape index (κ2) is 12.5. The molecule has 0 aliphatic rings. The molecule has 12 aromatic rings. The van der Waals surface area contributed by atoms with E-state index in [9.17, 15) is 0 Å². The van der Waals surface area contributed by atoms with Crippen LogP contribution in [0.15, 0.2) is 182 Å². The van der Waals surface area contributed by atoms with E-state index < -0.39 is 0 Å². The van der Waals surface area contributed by atoms with Crippen molar-refractivity contribution in [3.8, 4) is 45.7 Å². The largest absolute Gasteiger partial charge is 0.307 e. The molecule has 0 fully saturated rings. The zero-order chi connectivity index (χ0) is 37.5. The van der Waals surface area contributed by atoms with E-state index in [2.05, 4.69) is 167 Å². The van der Waals surface area contributed by atoms with Crippen molar-refractivity contribution < 1.29 is 0 Å². The van der Waals surface area contributed by atoms with Gasteiger partial charge in [0.1, 0.15) is 4.83 Å². The molecule has 12 rings (SSSR count). The summed E-state index contributed by atoms with van der Waals surface area (Å²) in [5.74, 6) is 1.78. The zero-order valence-electron chi connectivity index (χ0n) is 30.4. The van der Waals surface area contributed by atoms with E-state index in [-0.39, 0.29) is 0 Å². The summed E-state index contributed by atoms with van der Waals surface area (Å²) in [4.78, 5) is 22.1. The summed E-state index contributed by atoms with van der Waals surface area (Å²) in [5, 5.41) is 6.88. The number of nitrogens with zero attached hydrogens (tertiary/aromatic N) is 6. The predicted octanol–water partition coefficient (Wildman–Crippen LogP) is 12.8. The molecule has 0 aliphatic heterocycles. The van der Waals surface area contributed by atoms with E-state index in [1.807, 2.05) is 24.3 Å². The monoisotopic (exact) mass is 746 g/mol. The molecule has 7 aromatic carbocycles. The number of aromatic nitrogens is 6. The molecule has 0 saturated carbocycles. The van der Waals surface area contributed by atoms with Crippen LogP contribution in [0, 0.1) is 0 Å². The van der Waals surface area contributed by atoms with Crippen molar-refractivity contribution in [3.05, 3.63) is 182 Å². The number of pyridine rings is 1. The lowest BCUT2D eigenvalue weighted by molar-refractivity contribution is 0.954. The van der Waals surface area contributed by atoms with Crippen molar-refractivity contribution in [2.24, 2.45) is 0 Å². The van der Waals surface area contributed by atoms with Gasteiger partial charge in [0.25, 0.3) is 0 Å². The Labute approximate surface area is 330 Å². The lowest BCUT2D eigenvalue weighted by Crippen LogP contribution is -2.07. The summed E-state index contributed by atoms with van der Waals surface area (Å²) in [6.45, 7) is 0. The van der Waals surface area contributed by atoms with Crippen LogP contribution < -0.4 is 0 Å². The van der Waals surface area contributed by atoms with Crippen LogP contribution in [-0.2, 0) is 0 Å². The van der Waals surface area contributed by atoms with Crippen LogP contribution in [0.3, 0.4) is 0 Å². The fourth-order valence-corrected chi connectivity index (χ4v) is 9.66. The fraction of sp³-hybridized carbons (Fsp3) is 0. The van der Waals surface area contributed by atoms with Crippen LogP contribution in [0.1, 0.15) is 0 Å². The molecule has 0 unspecified atom stereocenters. The van der Waals surface area contributed by atoms with E-state index >= 15 is 0 Å². The molecule has 7 heteroatoms. The van der Waals surface area contributed by atoms with E-state index in [1.54, 1.807) is 11.3 Å². The van der Waals surface area contributed by atoms with Crippen molar-refractivity contribution in [3.63, 3.8) is 0 Å². The normalized spacial score (nSPS) is 11.9. The van der Waals surface area contributed by atoms with E-state index in [0.29, 0.717) is 17.6 Å². The van der Waals surface area contributed by atoms with Crippen LogP contribution in [0.5, 0.6) is 0 Å². The van der Waals surface area contributed by atoms with Crippen molar-refractivity contribution in [1.82, 2.24) is 29.1 Å². The molecule has 0 atom stereocenters. The van der Waals surface area contributed by atoms with Gasteiger partial charge in [-0.25, -0.2) is 9.97 Å².